The molecule has 0 saturated carbocycles. The highest BCUT2D eigenvalue weighted by Crippen LogP contribution is 2.50. The van der Waals surface area contributed by atoms with Gasteiger partial charge in [0.1, 0.15) is 16.9 Å². The standard InChI is InChI=1S/C30H26O8/c1-16-13-23(32)37-29-25(16)28(34)26(17(2)31)30-27(29)20(15-24(33)38-30)19-9-10-21(22(14-19)35-3)36-12-11-18-7-5-4-6-8-18/h4-10,13-14,20,34H,11-12,15H2,1-3H3/t20-/m1/s1. The Bertz CT molecular complexity index is 1620. The normalized spacial score (nSPS) is 14.6. The van der Waals surface area contributed by atoms with Crippen molar-refractivity contribution in [3.63, 3.8) is 0 Å². The second kappa shape index (κ2) is 10.0. The van der Waals surface area contributed by atoms with E-state index in [1.807, 2.05) is 30.3 Å². The first kappa shape index (κ1) is 25.1. The number of rotatable bonds is 7. The molecule has 1 aromatic heterocycles. The molecule has 2 heterocycles. The van der Waals surface area contributed by atoms with Gasteiger partial charge in [0.05, 0.1) is 25.5 Å². The first-order chi connectivity index (χ1) is 18.3. The van der Waals surface area contributed by atoms with Crippen LogP contribution in [0.15, 0.2) is 63.8 Å². The zero-order chi connectivity index (χ0) is 27.0. The molecule has 0 unspecified atom stereocenters. The molecule has 8 nitrogen and oxygen atoms in total. The monoisotopic (exact) mass is 514 g/mol. The summed E-state index contributed by atoms with van der Waals surface area (Å²) in [4.78, 5) is 37.6. The van der Waals surface area contributed by atoms with Crippen molar-refractivity contribution in [1.82, 2.24) is 0 Å². The number of hydrogen-bond donors (Lipinski definition) is 1. The van der Waals surface area contributed by atoms with E-state index in [4.69, 9.17) is 18.6 Å². The highest BCUT2D eigenvalue weighted by Gasteiger charge is 2.37. The van der Waals surface area contributed by atoms with Crippen molar-refractivity contribution in [1.29, 1.82) is 0 Å². The van der Waals surface area contributed by atoms with E-state index in [-0.39, 0.29) is 34.5 Å². The number of esters is 1. The van der Waals surface area contributed by atoms with Crippen LogP contribution >= 0.6 is 0 Å². The molecule has 194 valence electrons. The van der Waals surface area contributed by atoms with E-state index < -0.39 is 23.3 Å². The number of ether oxygens (including phenoxy) is 3. The van der Waals surface area contributed by atoms with Crippen LogP contribution in [0.1, 0.15) is 51.9 Å². The number of aryl methyl sites for hydroxylation is 1. The third-order valence-electron chi connectivity index (χ3n) is 6.72. The van der Waals surface area contributed by atoms with E-state index >= 15 is 0 Å². The van der Waals surface area contributed by atoms with Gasteiger partial charge in [-0.1, -0.05) is 36.4 Å². The average molecular weight is 515 g/mol. The number of benzene rings is 3. The average Bonchev–Trinajstić information content (AvgIpc) is 2.88. The van der Waals surface area contributed by atoms with Crippen molar-refractivity contribution in [3.05, 3.63) is 92.8 Å². The zero-order valence-electron chi connectivity index (χ0n) is 21.2. The summed E-state index contributed by atoms with van der Waals surface area (Å²) in [5.41, 5.74) is 1.93. The molecule has 38 heavy (non-hydrogen) atoms. The van der Waals surface area contributed by atoms with E-state index in [9.17, 15) is 19.5 Å². The van der Waals surface area contributed by atoms with Crippen molar-refractivity contribution in [2.24, 2.45) is 0 Å². The molecule has 1 N–H and O–H groups in total. The molecule has 0 saturated heterocycles. The summed E-state index contributed by atoms with van der Waals surface area (Å²) in [6.07, 6.45) is 0.647. The quantitative estimate of drug-likeness (QED) is 0.157. The summed E-state index contributed by atoms with van der Waals surface area (Å²) in [5.74, 6) is -1.19. The Kier molecular flexibility index (Phi) is 6.63. The minimum atomic E-state index is -0.635. The van der Waals surface area contributed by atoms with Gasteiger partial charge in [0, 0.05) is 24.0 Å². The smallest absolute Gasteiger partial charge is 0.336 e. The van der Waals surface area contributed by atoms with Gasteiger partial charge in [-0.3, -0.25) is 9.59 Å². The first-order valence-electron chi connectivity index (χ1n) is 12.2. The van der Waals surface area contributed by atoms with E-state index in [0.29, 0.717) is 34.8 Å². The predicted octanol–water partition coefficient (Wildman–Crippen LogP) is 5.08. The van der Waals surface area contributed by atoms with Gasteiger partial charge in [0.25, 0.3) is 0 Å². The third-order valence-corrected chi connectivity index (χ3v) is 6.72. The Morgan fingerprint density at radius 3 is 2.55 bits per heavy atom. The minimum absolute atomic E-state index is 0.0702. The maximum absolute atomic E-state index is 12.7. The summed E-state index contributed by atoms with van der Waals surface area (Å²) in [6.45, 7) is 3.36. The van der Waals surface area contributed by atoms with Crippen LogP contribution in [0.5, 0.6) is 23.0 Å². The highest BCUT2D eigenvalue weighted by molar-refractivity contribution is 6.09. The Morgan fingerprint density at radius 1 is 1.08 bits per heavy atom. The zero-order valence-corrected chi connectivity index (χ0v) is 21.2. The van der Waals surface area contributed by atoms with Crippen LogP contribution in [0.4, 0.5) is 0 Å². The molecule has 1 atom stereocenters. The summed E-state index contributed by atoms with van der Waals surface area (Å²) < 4.78 is 22.6. The fourth-order valence-electron chi connectivity index (χ4n) is 4.96. The van der Waals surface area contributed by atoms with Gasteiger partial charge in [-0.05, 0) is 42.7 Å². The summed E-state index contributed by atoms with van der Waals surface area (Å²) >= 11 is 0. The molecule has 4 aromatic rings. The maximum Gasteiger partial charge on any atom is 0.336 e. The van der Waals surface area contributed by atoms with E-state index in [1.165, 1.54) is 20.1 Å². The lowest BCUT2D eigenvalue weighted by Gasteiger charge is -2.28. The molecule has 0 radical (unpaired) electrons. The molecule has 3 aromatic carbocycles. The number of methoxy groups -OCH3 is 1. The molecular formula is C30H26O8. The number of fused-ring (bicyclic) bond motifs is 3. The Labute approximate surface area is 218 Å². The number of Topliss-reactive ketones (excluding diaryl/α,β-unsaturated/α-hetero) is 1. The summed E-state index contributed by atoms with van der Waals surface area (Å²) in [7, 11) is 1.52. The molecule has 1 aliphatic rings. The van der Waals surface area contributed by atoms with Crippen molar-refractivity contribution in [2.75, 3.05) is 13.7 Å². The van der Waals surface area contributed by atoms with Crippen LogP contribution in [0, 0.1) is 6.92 Å². The van der Waals surface area contributed by atoms with Gasteiger partial charge in [0.2, 0.25) is 0 Å². The van der Waals surface area contributed by atoms with Crippen molar-refractivity contribution >= 4 is 22.7 Å². The lowest BCUT2D eigenvalue weighted by Crippen LogP contribution is -2.24. The van der Waals surface area contributed by atoms with Gasteiger partial charge < -0.3 is 23.7 Å². The van der Waals surface area contributed by atoms with Gasteiger partial charge in [-0.2, -0.15) is 0 Å². The highest BCUT2D eigenvalue weighted by atomic mass is 16.5. The fourth-order valence-corrected chi connectivity index (χ4v) is 4.96. The number of phenolic OH excluding ortho intramolecular Hbond substituents is 1. The lowest BCUT2D eigenvalue weighted by molar-refractivity contribution is -0.135. The van der Waals surface area contributed by atoms with Crippen molar-refractivity contribution < 1.29 is 33.3 Å². The van der Waals surface area contributed by atoms with Crippen LogP contribution in [-0.4, -0.2) is 30.6 Å². The SMILES string of the molecule is COc1cc([C@H]2CC(=O)Oc3c(C(C)=O)c(O)c4c(C)cc(=O)oc4c32)ccc1OCCc1ccccc1. The summed E-state index contributed by atoms with van der Waals surface area (Å²) in [5, 5.41) is 11.2. The number of phenols is 1. The minimum Gasteiger partial charge on any atom is -0.506 e. The predicted molar refractivity (Wildman–Crippen MR) is 140 cm³/mol. The van der Waals surface area contributed by atoms with Crippen LogP contribution in [0.3, 0.4) is 0 Å². The lowest BCUT2D eigenvalue weighted by atomic mass is 9.82. The molecule has 0 fully saturated rings. The third kappa shape index (κ3) is 4.49. The number of hydrogen-bond acceptors (Lipinski definition) is 8. The molecule has 1 aliphatic heterocycles. The Balaban J connectivity index is 1.60. The largest absolute Gasteiger partial charge is 0.506 e. The summed E-state index contributed by atoms with van der Waals surface area (Å²) in [6, 6.07) is 16.5. The van der Waals surface area contributed by atoms with Gasteiger partial charge >= 0.3 is 11.6 Å². The molecule has 0 bridgehead atoms. The second-order valence-corrected chi connectivity index (χ2v) is 9.20. The van der Waals surface area contributed by atoms with Gasteiger partial charge in [0.15, 0.2) is 23.0 Å². The molecule has 5 rings (SSSR count). The first-order valence-corrected chi connectivity index (χ1v) is 12.2. The van der Waals surface area contributed by atoms with Crippen molar-refractivity contribution in [2.45, 2.75) is 32.6 Å². The van der Waals surface area contributed by atoms with Gasteiger partial charge in [-0.25, -0.2) is 4.79 Å². The molecule has 0 aliphatic carbocycles. The van der Waals surface area contributed by atoms with Gasteiger partial charge in [-0.15, -0.1) is 0 Å². The van der Waals surface area contributed by atoms with Crippen molar-refractivity contribution in [3.8, 4) is 23.0 Å². The molecule has 8 heteroatoms. The van der Waals surface area contributed by atoms with E-state index in [1.54, 1.807) is 25.1 Å². The van der Waals surface area contributed by atoms with Crippen LogP contribution in [0.25, 0.3) is 11.0 Å². The molecule has 0 amide bonds. The maximum atomic E-state index is 12.7. The Hall–Kier alpha value is -4.59. The number of carbonyl (C=O) groups is 2. The Morgan fingerprint density at radius 2 is 1.84 bits per heavy atom. The fraction of sp³-hybridized carbons (Fsp3) is 0.233. The number of aromatic hydroxyl groups is 1. The number of ketones is 1. The topological polar surface area (TPSA) is 112 Å². The second-order valence-electron chi connectivity index (χ2n) is 9.20. The van der Waals surface area contributed by atoms with Crippen LogP contribution in [0.2, 0.25) is 0 Å². The molecule has 0 spiro atoms. The van der Waals surface area contributed by atoms with E-state index in [2.05, 4.69) is 0 Å². The van der Waals surface area contributed by atoms with Crippen LogP contribution in [-0.2, 0) is 11.2 Å². The molecular weight excluding hydrogens is 488 g/mol. The number of carbonyl (C=O) groups excluding carboxylic acids is 2. The van der Waals surface area contributed by atoms with Crippen LogP contribution < -0.4 is 19.8 Å². The van der Waals surface area contributed by atoms with E-state index in [0.717, 1.165) is 12.0 Å².